The van der Waals surface area contributed by atoms with Gasteiger partial charge in [0, 0.05) is 5.56 Å². The number of aryl methyl sites for hydroxylation is 4. The van der Waals surface area contributed by atoms with E-state index in [1.165, 1.54) is 16.7 Å². The summed E-state index contributed by atoms with van der Waals surface area (Å²) in [6.45, 7) is 21.4. The zero-order chi connectivity index (χ0) is 37.1. The maximum absolute atomic E-state index is 10.5. The van der Waals surface area contributed by atoms with Crippen LogP contribution in [0.2, 0.25) is 0 Å². The van der Waals surface area contributed by atoms with E-state index in [1.807, 2.05) is 104 Å². The molecule has 0 aromatic heterocycles. The summed E-state index contributed by atoms with van der Waals surface area (Å²) in [5.74, 6) is -1.21. The van der Waals surface area contributed by atoms with Gasteiger partial charge >= 0.3 is 5.97 Å². The standard InChI is InChI=1S/C10H11NO.C10H12O3.C10H14O.C9H10O.C2H6/c1-7-4-3-5-9(8(7)2)10(12)6-11;1-6-4-3-5-8(7(6)2)9(11)10(12)13;1-7-5-4-6-10(8(7)2)9(3)11;1-7-4-3-5-9(6-10)8(7)2;1-2/h3-5,10,12H,1-2H3;3-5,9,11H,1-2H3,(H,12,13);4-6,9,11H,1-3H3;3-6H,1-2H3;1-2H3. The second kappa shape index (κ2) is 22.0. The van der Waals surface area contributed by atoms with Gasteiger partial charge in [0.1, 0.15) is 6.29 Å². The van der Waals surface area contributed by atoms with Crippen molar-refractivity contribution in [3.8, 4) is 6.07 Å². The van der Waals surface area contributed by atoms with Gasteiger partial charge in [0.05, 0.1) is 12.2 Å². The number of carbonyl (C=O) groups excluding carboxylic acids is 1. The van der Waals surface area contributed by atoms with Crippen molar-refractivity contribution < 1.29 is 30.0 Å². The summed E-state index contributed by atoms with van der Waals surface area (Å²) in [6.07, 6.45) is -1.87. The summed E-state index contributed by atoms with van der Waals surface area (Å²) in [4.78, 5) is 20.9. The van der Waals surface area contributed by atoms with E-state index in [9.17, 15) is 24.9 Å². The van der Waals surface area contributed by atoms with Gasteiger partial charge in [-0.2, -0.15) is 5.26 Å². The highest BCUT2D eigenvalue weighted by atomic mass is 16.4. The second-order valence-corrected chi connectivity index (χ2v) is 11.2. The molecule has 0 aliphatic heterocycles. The van der Waals surface area contributed by atoms with Crippen molar-refractivity contribution in [1.29, 1.82) is 5.26 Å². The highest BCUT2D eigenvalue weighted by Gasteiger charge is 2.18. The van der Waals surface area contributed by atoms with Gasteiger partial charge in [-0.3, -0.25) is 4.79 Å². The molecule has 4 rings (SSSR count). The Labute approximate surface area is 287 Å². The third-order valence-electron chi connectivity index (χ3n) is 8.11. The van der Waals surface area contributed by atoms with Crippen molar-refractivity contribution in [2.24, 2.45) is 0 Å². The molecular formula is C41H53NO6. The van der Waals surface area contributed by atoms with Crippen LogP contribution in [0.4, 0.5) is 0 Å². The number of carboxylic acid groups (broad SMARTS) is 1. The fourth-order valence-electron chi connectivity index (χ4n) is 4.47. The van der Waals surface area contributed by atoms with E-state index in [-0.39, 0.29) is 6.10 Å². The second-order valence-electron chi connectivity index (χ2n) is 11.2. The van der Waals surface area contributed by atoms with Crippen LogP contribution >= 0.6 is 0 Å². The normalized spacial score (nSPS) is 11.5. The fraction of sp³-hybridized carbons (Fsp3) is 0.341. The number of rotatable bonds is 5. The molecule has 0 spiro atoms. The maximum atomic E-state index is 10.5. The van der Waals surface area contributed by atoms with Crippen LogP contribution < -0.4 is 0 Å². The summed E-state index contributed by atoms with van der Waals surface area (Å²) >= 11 is 0. The Morgan fingerprint density at radius 1 is 0.625 bits per heavy atom. The van der Waals surface area contributed by atoms with Crippen LogP contribution in [0.25, 0.3) is 0 Å². The molecule has 0 amide bonds. The Kier molecular flexibility index (Phi) is 19.9. The topological polar surface area (TPSA) is 139 Å². The van der Waals surface area contributed by atoms with E-state index in [0.29, 0.717) is 11.1 Å². The highest BCUT2D eigenvalue weighted by molar-refractivity contribution is 5.77. The molecule has 258 valence electrons. The van der Waals surface area contributed by atoms with Crippen molar-refractivity contribution in [3.63, 3.8) is 0 Å². The first-order valence-electron chi connectivity index (χ1n) is 15.9. The van der Waals surface area contributed by atoms with Gasteiger partial charge in [-0.25, -0.2) is 4.79 Å². The molecule has 7 heteroatoms. The molecule has 3 atom stereocenters. The van der Waals surface area contributed by atoms with Gasteiger partial charge in [0.2, 0.25) is 0 Å². The molecule has 3 unspecified atom stereocenters. The number of nitrogens with zero attached hydrogens (tertiary/aromatic N) is 1. The minimum Gasteiger partial charge on any atom is -0.479 e. The SMILES string of the molecule is CC.Cc1cccc(C(C)O)c1C.Cc1cccc(C(O)C#N)c1C.Cc1cccc(C(O)C(=O)O)c1C.Cc1cccc(C=O)c1C. The number of nitriles is 1. The van der Waals surface area contributed by atoms with Crippen molar-refractivity contribution in [1.82, 2.24) is 0 Å². The molecule has 7 nitrogen and oxygen atoms in total. The summed E-state index contributed by atoms with van der Waals surface area (Å²) in [7, 11) is 0. The maximum Gasteiger partial charge on any atom is 0.337 e. The lowest BCUT2D eigenvalue weighted by atomic mass is 9.99. The third-order valence-corrected chi connectivity index (χ3v) is 8.11. The average molecular weight is 656 g/mol. The fourth-order valence-corrected chi connectivity index (χ4v) is 4.47. The average Bonchev–Trinajstić information content (AvgIpc) is 3.07. The first-order valence-corrected chi connectivity index (χ1v) is 15.9. The molecule has 0 bridgehead atoms. The highest BCUT2D eigenvalue weighted by Crippen LogP contribution is 2.21. The predicted molar refractivity (Wildman–Crippen MR) is 194 cm³/mol. The van der Waals surface area contributed by atoms with Crippen LogP contribution in [0.1, 0.15) is 111 Å². The largest absolute Gasteiger partial charge is 0.479 e. The lowest BCUT2D eigenvalue weighted by Gasteiger charge is -2.10. The number of benzene rings is 4. The summed E-state index contributed by atoms with van der Waals surface area (Å²) in [5, 5.41) is 45.0. The van der Waals surface area contributed by atoms with E-state index >= 15 is 0 Å². The molecule has 4 aromatic carbocycles. The van der Waals surface area contributed by atoms with Crippen LogP contribution in [0.15, 0.2) is 72.8 Å². The molecule has 0 saturated heterocycles. The van der Waals surface area contributed by atoms with Gasteiger partial charge < -0.3 is 20.4 Å². The van der Waals surface area contributed by atoms with Gasteiger partial charge in [-0.1, -0.05) is 86.6 Å². The van der Waals surface area contributed by atoms with Gasteiger partial charge in [0.25, 0.3) is 0 Å². The van der Waals surface area contributed by atoms with Crippen LogP contribution in [-0.2, 0) is 4.79 Å². The van der Waals surface area contributed by atoms with E-state index in [0.717, 1.165) is 45.2 Å². The molecule has 4 N–H and O–H groups in total. The molecule has 0 radical (unpaired) electrons. The lowest BCUT2D eigenvalue weighted by Crippen LogP contribution is -2.12. The molecular weight excluding hydrogens is 602 g/mol. The molecule has 0 aliphatic rings. The van der Waals surface area contributed by atoms with Gasteiger partial charge in [0.15, 0.2) is 12.2 Å². The first kappa shape index (κ1) is 43.4. The zero-order valence-electron chi connectivity index (χ0n) is 30.3. The number of aliphatic hydroxyl groups excluding tert-OH is 3. The summed E-state index contributed by atoms with van der Waals surface area (Å²) in [5.41, 5.74) is 11.6. The third kappa shape index (κ3) is 13.2. The predicted octanol–water partition coefficient (Wildman–Crippen LogP) is 8.78. The van der Waals surface area contributed by atoms with Crippen molar-refractivity contribution >= 4 is 12.3 Å². The Morgan fingerprint density at radius 2 is 0.979 bits per heavy atom. The Balaban J connectivity index is 0.000000605. The number of carboxylic acids is 1. The van der Waals surface area contributed by atoms with Crippen molar-refractivity contribution in [2.45, 2.75) is 94.5 Å². The van der Waals surface area contributed by atoms with E-state index in [2.05, 4.69) is 13.0 Å². The van der Waals surface area contributed by atoms with Gasteiger partial charge in [-0.15, -0.1) is 0 Å². The number of hydrogen-bond donors (Lipinski definition) is 4. The summed E-state index contributed by atoms with van der Waals surface area (Å²) < 4.78 is 0. The van der Waals surface area contributed by atoms with Crippen molar-refractivity contribution in [3.05, 3.63) is 140 Å². The summed E-state index contributed by atoms with van der Waals surface area (Å²) in [6, 6.07) is 24.4. The quantitative estimate of drug-likeness (QED) is 0.124. The molecule has 0 saturated carbocycles. The first-order chi connectivity index (χ1) is 22.6. The van der Waals surface area contributed by atoms with Crippen LogP contribution in [0.5, 0.6) is 0 Å². The molecule has 0 heterocycles. The molecule has 4 aromatic rings. The number of aliphatic hydroxyl groups is 3. The van der Waals surface area contributed by atoms with Crippen LogP contribution in [0.3, 0.4) is 0 Å². The molecule has 48 heavy (non-hydrogen) atoms. The van der Waals surface area contributed by atoms with E-state index in [4.69, 9.17) is 10.4 Å². The monoisotopic (exact) mass is 655 g/mol. The zero-order valence-corrected chi connectivity index (χ0v) is 30.3. The van der Waals surface area contributed by atoms with E-state index < -0.39 is 18.2 Å². The minimum absolute atomic E-state index is 0.352. The molecule has 0 aliphatic carbocycles. The van der Waals surface area contributed by atoms with Gasteiger partial charge in [-0.05, 0) is 124 Å². The number of carbonyl (C=O) groups is 2. The smallest absolute Gasteiger partial charge is 0.337 e. The molecule has 0 fully saturated rings. The minimum atomic E-state index is -1.42. The Morgan fingerprint density at radius 3 is 1.33 bits per heavy atom. The number of aldehydes is 1. The van der Waals surface area contributed by atoms with Crippen LogP contribution in [-0.4, -0.2) is 32.7 Å². The Hall–Kier alpha value is -4.61. The Bertz CT molecular complexity index is 1650. The van der Waals surface area contributed by atoms with E-state index in [1.54, 1.807) is 38.1 Å². The lowest BCUT2D eigenvalue weighted by molar-refractivity contribution is -0.147. The number of aliphatic carboxylic acids is 1. The van der Waals surface area contributed by atoms with Crippen molar-refractivity contribution in [2.75, 3.05) is 0 Å². The van der Waals surface area contributed by atoms with Crippen LogP contribution in [0, 0.1) is 66.7 Å². The number of hydrogen-bond acceptors (Lipinski definition) is 6.